The minimum absolute atomic E-state index is 0.0398. The molecule has 2 fully saturated rings. The van der Waals surface area contributed by atoms with Gasteiger partial charge in [0, 0.05) is 41.4 Å². The van der Waals surface area contributed by atoms with Crippen LogP contribution < -0.4 is 10.6 Å². The first kappa shape index (κ1) is 19.9. The van der Waals surface area contributed by atoms with Crippen LogP contribution in [0.25, 0.3) is 22.4 Å². The number of H-pyrrole nitrogens is 1. The third-order valence-electron chi connectivity index (χ3n) is 6.79. The maximum Gasteiger partial charge on any atom is 0.242 e. The fraction of sp³-hybridized carbons (Fsp3) is 0.455. The molecule has 4 heterocycles. The molecule has 0 radical (unpaired) electrons. The number of phenols is 1. The summed E-state index contributed by atoms with van der Waals surface area (Å²) in [4.78, 5) is 4.64. The largest absolute Gasteiger partial charge is 0.507 e. The van der Waals surface area contributed by atoms with Gasteiger partial charge in [0.2, 0.25) is 5.95 Å². The van der Waals surface area contributed by atoms with Crippen LogP contribution in [0.1, 0.15) is 44.7 Å². The molecule has 8 nitrogen and oxygen atoms in total. The van der Waals surface area contributed by atoms with E-state index in [9.17, 15) is 5.11 Å². The number of aromatic nitrogens is 5. The molecular weight excluding hydrogens is 397 g/mol. The van der Waals surface area contributed by atoms with Crippen molar-refractivity contribution in [3.05, 3.63) is 36.3 Å². The average Bonchev–Trinajstić information content (AvgIpc) is 3.38. The molecule has 0 unspecified atom stereocenters. The smallest absolute Gasteiger partial charge is 0.242 e. The zero-order valence-electron chi connectivity index (χ0n) is 17.8. The van der Waals surface area contributed by atoms with Crippen LogP contribution in [0.3, 0.4) is 0 Å². The average molecular weight is 423 g/mol. The lowest BCUT2D eigenvalue weighted by atomic mass is 9.76. The number of halogens is 1. The summed E-state index contributed by atoms with van der Waals surface area (Å²) in [6.07, 6.45) is 4.60. The Hall–Kier alpha value is -3.07. The van der Waals surface area contributed by atoms with Crippen molar-refractivity contribution in [3.63, 3.8) is 0 Å². The van der Waals surface area contributed by atoms with E-state index >= 15 is 4.39 Å². The van der Waals surface area contributed by atoms with Gasteiger partial charge in [0.1, 0.15) is 17.6 Å². The van der Waals surface area contributed by atoms with Gasteiger partial charge in [-0.15, -0.1) is 10.2 Å². The van der Waals surface area contributed by atoms with Gasteiger partial charge in [-0.2, -0.15) is 5.10 Å². The van der Waals surface area contributed by atoms with Gasteiger partial charge in [0.25, 0.3) is 0 Å². The Labute approximate surface area is 179 Å². The normalized spacial score (nSPS) is 29.8. The molecular formula is C22H26FN7O. The van der Waals surface area contributed by atoms with Crippen molar-refractivity contribution in [3.8, 4) is 28.1 Å². The Morgan fingerprint density at radius 3 is 2.74 bits per heavy atom. The van der Waals surface area contributed by atoms with E-state index in [2.05, 4.69) is 42.9 Å². The van der Waals surface area contributed by atoms with Gasteiger partial charge in [0.15, 0.2) is 0 Å². The van der Waals surface area contributed by atoms with E-state index in [1.54, 1.807) is 31.6 Å². The number of rotatable bonds is 4. The summed E-state index contributed by atoms with van der Waals surface area (Å²) in [5, 5.41) is 32.4. The Balaban J connectivity index is 1.61. The number of nitrogens with zero attached hydrogens (tertiary/aromatic N) is 4. The number of hydrogen-bond acceptors (Lipinski definition) is 7. The Kier molecular flexibility index (Phi) is 4.47. The third kappa shape index (κ3) is 3.23. The van der Waals surface area contributed by atoms with Crippen LogP contribution in [-0.4, -0.2) is 54.8 Å². The first-order chi connectivity index (χ1) is 14.8. The number of phenolic OH excluding ortho intramolecular Hbond substituents is 1. The number of alkyl halides is 1. The molecule has 0 aliphatic carbocycles. The van der Waals surface area contributed by atoms with Crippen LogP contribution in [0.4, 0.5) is 10.3 Å². The molecule has 2 aromatic heterocycles. The predicted octanol–water partition coefficient (Wildman–Crippen LogP) is 3.40. The summed E-state index contributed by atoms with van der Waals surface area (Å²) < 4.78 is 15.8. The molecule has 4 atom stereocenters. The van der Waals surface area contributed by atoms with E-state index in [0.717, 1.165) is 24.0 Å². The number of anilines is 1. The molecule has 31 heavy (non-hydrogen) atoms. The van der Waals surface area contributed by atoms with Crippen LogP contribution in [0.5, 0.6) is 5.75 Å². The fourth-order valence-electron chi connectivity index (χ4n) is 5.19. The highest BCUT2D eigenvalue weighted by atomic mass is 19.1. The Morgan fingerprint density at radius 2 is 2.03 bits per heavy atom. The number of fused-ring (bicyclic) bond motifs is 2. The molecule has 1 aromatic carbocycles. The summed E-state index contributed by atoms with van der Waals surface area (Å²) in [6.45, 7) is 4.08. The third-order valence-corrected chi connectivity index (χ3v) is 6.79. The van der Waals surface area contributed by atoms with Crippen molar-refractivity contribution < 1.29 is 9.50 Å². The monoisotopic (exact) mass is 423 g/mol. The van der Waals surface area contributed by atoms with Crippen LogP contribution in [0, 0.1) is 0 Å². The molecule has 2 saturated heterocycles. The lowest BCUT2D eigenvalue weighted by Crippen LogP contribution is -2.59. The van der Waals surface area contributed by atoms with Gasteiger partial charge in [-0.1, -0.05) is 6.07 Å². The van der Waals surface area contributed by atoms with E-state index < -0.39 is 17.6 Å². The predicted molar refractivity (Wildman–Crippen MR) is 115 cm³/mol. The highest BCUT2D eigenvalue weighted by Gasteiger charge is 2.56. The molecule has 0 spiro atoms. The minimum atomic E-state index is -1.13. The highest BCUT2D eigenvalue weighted by molar-refractivity contribution is 5.75. The molecule has 4 N–H and O–H groups in total. The summed E-state index contributed by atoms with van der Waals surface area (Å²) in [5.41, 5.74) is 2.34. The van der Waals surface area contributed by atoms with Crippen LogP contribution in [0.2, 0.25) is 0 Å². The molecule has 5 rings (SSSR count). The van der Waals surface area contributed by atoms with Crippen molar-refractivity contribution in [1.82, 2.24) is 30.7 Å². The highest BCUT2D eigenvalue weighted by Crippen LogP contribution is 2.51. The molecule has 2 aliphatic heterocycles. The first-order valence-electron chi connectivity index (χ1n) is 10.5. The maximum absolute atomic E-state index is 15.8. The SMILES string of the molecule is CNc1nnc(-c2ccc(-c3cn[nH]c3)cc2O)c([C@H]2C[C@@]3(C)CC[C@](C)(N3)[C@@H]2F)n1. The van der Waals surface area contributed by atoms with Crippen molar-refractivity contribution in [1.29, 1.82) is 0 Å². The number of aromatic amines is 1. The van der Waals surface area contributed by atoms with E-state index in [1.807, 2.05) is 13.0 Å². The van der Waals surface area contributed by atoms with Crippen molar-refractivity contribution in [2.24, 2.45) is 0 Å². The zero-order valence-corrected chi connectivity index (χ0v) is 17.8. The maximum atomic E-state index is 15.8. The number of piperidine rings is 1. The summed E-state index contributed by atoms with van der Waals surface area (Å²) in [6, 6.07) is 5.30. The van der Waals surface area contributed by atoms with Crippen LogP contribution in [-0.2, 0) is 0 Å². The molecule has 0 amide bonds. The van der Waals surface area contributed by atoms with Crippen molar-refractivity contribution in [2.75, 3.05) is 12.4 Å². The second-order valence-corrected chi connectivity index (χ2v) is 9.15. The second kappa shape index (κ2) is 6.98. The topological polar surface area (TPSA) is 112 Å². The second-order valence-electron chi connectivity index (χ2n) is 9.15. The quantitative estimate of drug-likeness (QED) is 0.509. The van der Waals surface area contributed by atoms with Crippen LogP contribution >= 0.6 is 0 Å². The molecule has 0 saturated carbocycles. The Bertz CT molecular complexity index is 1120. The van der Waals surface area contributed by atoms with Gasteiger partial charge in [-0.05, 0) is 50.8 Å². The molecule has 162 valence electrons. The lowest BCUT2D eigenvalue weighted by molar-refractivity contribution is 0.0844. The zero-order chi connectivity index (χ0) is 21.8. The van der Waals surface area contributed by atoms with Gasteiger partial charge >= 0.3 is 0 Å². The standard InChI is InChI=1S/C22H26FN7O/c1-21-6-7-22(2,30-21)19(23)15(9-21)17-18(28-29-20(24-3)27-17)14-5-4-12(8-16(14)31)13-10-25-26-11-13/h4-5,8,10-11,15,19,30-31H,6-7,9H2,1-3H3,(H,25,26)(H,24,27,29)/t15-,19-,21-,22+/m1/s1. The van der Waals surface area contributed by atoms with Gasteiger partial charge in [0.05, 0.1) is 11.9 Å². The molecule has 9 heteroatoms. The number of benzene rings is 1. The Morgan fingerprint density at radius 1 is 1.19 bits per heavy atom. The molecule has 2 bridgehead atoms. The summed E-state index contributed by atoms with van der Waals surface area (Å²) in [5.74, 6) is -0.0797. The fourth-order valence-corrected chi connectivity index (χ4v) is 5.19. The number of nitrogens with one attached hydrogen (secondary N) is 3. The minimum Gasteiger partial charge on any atom is -0.507 e. The van der Waals surface area contributed by atoms with Gasteiger partial charge in [-0.25, -0.2) is 9.37 Å². The van der Waals surface area contributed by atoms with Crippen molar-refractivity contribution in [2.45, 2.75) is 56.3 Å². The summed E-state index contributed by atoms with van der Waals surface area (Å²) >= 11 is 0. The van der Waals surface area contributed by atoms with Gasteiger partial charge < -0.3 is 15.7 Å². The van der Waals surface area contributed by atoms with Crippen LogP contribution in [0.15, 0.2) is 30.6 Å². The van der Waals surface area contributed by atoms with E-state index in [1.165, 1.54) is 0 Å². The lowest BCUT2D eigenvalue weighted by Gasteiger charge is -2.44. The van der Waals surface area contributed by atoms with E-state index in [4.69, 9.17) is 0 Å². The molecule has 3 aromatic rings. The van der Waals surface area contributed by atoms with Gasteiger partial charge in [-0.3, -0.25) is 5.10 Å². The summed E-state index contributed by atoms with van der Waals surface area (Å²) in [7, 11) is 1.71. The number of hydrogen-bond donors (Lipinski definition) is 4. The first-order valence-corrected chi connectivity index (χ1v) is 10.5. The van der Waals surface area contributed by atoms with E-state index in [-0.39, 0.29) is 11.3 Å². The van der Waals surface area contributed by atoms with Crippen molar-refractivity contribution >= 4 is 5.95 Å². The molecule has 2 aliphatic rings. The number of aromatic hydroxyl groups is 1. The van der Waals surface area contributed by atoms with E-state index in [0.29, 0.717) is 29.3 Å².